The average Bonchev–Trinajstić information content (AvgIpc) is 2.71. The molecule has 0 aromatic heterocycles. The Morgan fingerprint density at radius 3 is 2.22 bits per heavy atom. The summed E-state index contributed by atoms with van der Waals surface area (Å²) in [6, 6.07) is 11.3. The molecule has 0 aliphatic carbocycles. The molecular weight excluding hydrogens is 366 g/mol. The zero-order valence-electron chi connectivity index (χ0n) is 15.7. The molecule has 8 heteroatoms. The second kappa shape index (κ2) is 10.2. The van der Waals surface area contributed by atoms with Gasteiger partial charge >= 0.3 is 0 Å². The summed E-state index contributed by atoms with van der Waals surface area (Å²) < 4.78 is 21.2. The fourth-order valence-electron chi connectivity index (χ4n) is 2.35. The van der Waals surface area contributed by atoms with E-state index in [2.05, 4.69) is 15.8 Å². The van der Waals surface area contributed by atoms with Gasteiger partial charge in [0.1, 0.15) is 5.75 Å². The Bertz CT molecular complexity index is 794. The molecule has 0 saturated heterocycles. The highest BCUT2D eigenvalue weighted by Crippen LogP contribution is 2.38. The highest BCUT2D eigenvalue weighted by molar-refractivity contribution is 7.80. The minimum absolute atomic E-state index is 0.404. The van der Waals surface area contributed by atoms with E-state index >= 15 is 0 Å². The highest BCUT2D eigenvalue weighted by Gasteiger charge is 2.14. The number of benzene rings is 2. The lowest BCUT2D eigenvalue weighted by Gasteiger charge is -2.13. The molecule has 0 radical (unpaired) electrons. The average molecular weight is 389 g/mol. The van der Waals surface area contributed by atoms with Gasteiger partial charge in [-0.05, 0) is 42.0 Å². The van der Waals surface area contributed by atoms with E-state index in [0.717, 1.165) is 16.9 Å². The minimum Gasteiger partial charge on any atom is -0.497 e. The van der Waals surface area contributed by atoms with Crippen molar-refractivity contribution in [3.8, 4) is 23.0 Å². The van der Waals surface area contributed by atoms with Gasteiger partial charge in [0, 0.05) is 12.1 Å². The third-order valence-corrected chi connectivity index (χ3v) is 3.95. The fraction of sp³-hybridized carbons (Fsp3) is 0.263. The van der Waals surface area contributed by atoms with Crippen molar-refractivity contribution in [2.75, 3.05) is 28.4 Å². The van der Waals surface area contributed by atoms with Gasteiger partial charge in [-0.3, -0.25) is 5.43 Å². The number of hydrogen-bond acceptors (Lipinski definition) is 6. The summed E-state index contributed by atoms with van der Waals surface area (Å²) >= 11 is 5.23. The second-order valence-corrected chi connectivity index (χ2v) is 5.73. The minimum atomic E-state index is 0.404. The van der Waals surface area contributed by atoms with Crippen LogP contribution in [0, 0.1) is 0 Å². The van der Waals surface area contributed by atoms with Gasteiger partial charge < -0.3 is 24.3 Å². The molecule has 0 aliphatic heterocycles. The van der Waals surface area contributed by atoms with Gasteiger partial charge in [0.2, 0.25) is 5.75 Å². The molecule has 0 saturated carbocycles. The Balaban J connectivity index is 1.95. The lowest BCUT2D eigenvalue weighted by Crippen LogP contribution is -2.31. The molecule has 0 heterocycles. The monoisotopic (exact) mass is 389 g/mol. The Morgan fingerprint density at radius 2 is 1.63 bits per heavy atom. The van der Waals surface area contributed by atoms with E-state index in [-0.39, 0.29) is 0 Å². The van der Waals surface area contributed by atoms with Gasteiger partial charge in [-0.2, -0.15) is 5.10 Å². The highest BCUT2D eigenvalue weighted by atomic mass is 32.1. The molecule has 2 aromatic rings. The van der Waals surface area contributed by atoms with E-state index in [4.69, 9.17) is 31.2 Å². The first-order valence-corrected chi connectivity index (χ1v) is 8.52. The maximum absolute atomic E-state index is 5.41. The first kappa shape index (κ1) is 20.3. The summed E-state index contributed by atoms with van der Waals surface area (Å²) in [5, 5.41) is 7.63. The van der Waals surface area contributed by atoms with Gasteiger partial charge in [0.05, 0.1) is 34.7 Å². The van der Waals surface area contributed by atoms with Gasteiger partial charge in [-0.25, -0.2) is 0 Å². The van der Waals surface area contributed by atoms with E-state index in [1.54, 1.807) is 40.7 Å². The normalized spacial score (nSPS) is 10.4. The van der Waals surface area contributed by atoms with Crippen LogP contribution in [-0.2, 0) is 6.54 Å². The Kier molecular flexibility index (Phi) is 7.69. The van der Waals surface area contributed by atoms with E-state index in [1.165, 1.54) is 0 Å². The molecular formula is C19H23N3O4S. The summed E-state index contributed by atoms with van der Waals surface area (Å²) in [7, 11) is 6.32. The topological polar surface area (TPSA) is 73.3 Å². The lowest BCUT2D eigenvalue weighted by atomic mass is 10.2. The smallest absolute Gasteiger partial charge is 0.203 e. The molecule has 2 aromatic carbocycles. The van der Waals surface area contributed by atoms with Crippen LogP contribution >= 0.6 is 12.2 Å². The van der Waals surface area contributed by atoms with Crippen LogP contribution in [-0.4, -0.2) is 39.8 Å². The number of rotatable bonds is 8. The molecule has 144 valence electrons. The first-order chi connectivity index (χ1) is 13.1. The third kappa shape index (κ3) is 5.49. The number of hydrazone groups is 1. The van der Waals surface area contributed by atoms with Crippen molar-refractivity contribution >= 4 is 23.5 Å². The second-order valence-electron chi connectivity index (χ2n) is 5.32. The van der Waals surface area contributed by atoms with Crippen LogP contribution < -0.4 is 29.7 Å². The van der Waals surface area contributed by atoms with E-state index in [9.17, 15) is 0 Å². The lowest BCUT2D eigenvalue weighted by molar-refractivity contribution is 0.324. The quantitative estimate of drug-likeness (QED) is 0.409. The Hall–Kier alpha value is -3.00. The number of hydrogen-bond donors (Lipinski definition) is 2. The van der Waals surface area contributed by atoms with Gasteiger partial charge in [-0.1, -0.05) is 12.1 Å². The molecule has 0 fully saturated rings. The van der Waals surface area contributed by atoms with Crippen molar-refractivity contribution < 1.29 is 18.9 Å². The third-order valence-electron chi connectivity index (χ3n) is 3.72. The number of methoxy groups -OCH3 is 4. The number of thiocarbonyl (C=S) groups is 1. The van der Waals surface area contributed by atoms with E-state index in [0.29, 0.717) is 28.9 Å². The Labute approximate surface area is 164 Å². The molecule has 0 amide bonds. The summed E-state index contributed by atoms with van der Waals surface area (Å²) in [5.41, 5.74) is 4.58. The van der Waals surface area contributed by atoms with Crippen molar-refractivity contribution in [2.24, 2.45) is 5.10 Å². The fourth-order valence-corrected chi connectivity index (χ4v) is 2.48. The van der Waals surface area contributed by atoms with Crippen molar-refractivity contribution in [1.82, 2.24) is 10.7 Å². The predicted octanol–water partition coefficient (Wildman–Crippen LogP) is 2.72. The maximum atomic E-state index is 5.41. The predicted molar refractivity (Wildman–Crippen MR) is 109 cm³/mol. The largest absolute Gasteiger partial charge is 0.497 e. The van der Waals surface area contributed by atoms with Crippen LogP contribution in [0.25, 0.3) is 0 Å². The molecule has 0 unspecified atom stereocenters. The zero-order valence-corrected chi connectivity index (χ0v) is 16.6. The molecule has 0 spiro atoms. The molecule has 0 aliphatic rings. The molecule has 2 rings (SSSR count). The summed E-state index contributed by atoms with van der Waals surface area (Å²) in [4.78, 5) is 0. The van der Waals surface area contributed by atoms with Crippen LogP contribution in [0.1, 0.15) is 11.1 Å². The maximum Gasteiger partial charge on any atom is 0.203 e. The van der Waals surface area contributed by atoms with Crippen LogP contribution in [0.2, 0.25) is 0 Å². The Morgan fingerprint density at radius 1 is 0.926 bits per heavy atom. The molecule has 27 heavy (non-hydrogen) atoms. The van der Waals surface area contributed by atoms with Gasteiger partial charge in [-0.15, -0.1) is 0 Å². The van der Waals surface area contributed by atoms with Crippen molar-refractivity contribution in [1.29, 1.82) is 0 Å². The van der Waals surface area contributed by atoms with Crippen molar-refractivity contribution in [2.45, 2.75) is 6.54 Å². The summed E-state index contributed by atoms with van der Waals surface area (Å²) in [6.45, 7) is 0.574. The number of ether oxygens (including phenoxy) is 4. The summed E-state index contributed by atoms with van der Waals surface area (Å²) in [5.74, 6) is 2.42. The van der Waals surface area contributed by atoms with Crippen LogP contribution in [0.4, 0.5) is 0 Å². The zero-order chi connectivity index (χ0) is 19.6. The standard InChI is InChI=1S/C19H23N3O4S/c1-23-15-8-5-13(6-9-15)11-20-19(27)22-21-12-14-7-10-16(24-2)18(26-4)17(14)25-3/h5-10,12H,11H2,1-4H3,(H2,20,22,27)/b21-12-. The molecule has 2 N–H and O–H groups in total. The SMILES string of the molecule is COc1ccc(CNC(=S)N/N=C\c2ccc(OC)c(OC)c2OC)cc1. The molecule has 7 nitrogen and oxygen atoms in total. The number of nitrogens with zero attached hydrogens (tertiary/aromatic N) is 1. The summed E-state index contributed by atoms with van der Waals surface area (Å²) in [6.07, 6.45) is 1.60. The van der Waals surface area contributed by atoms with Gasteiger partial charge in [0.15, 0.2) is 16.6 Å². The van der Waals surface area contributed by atoms with Gasteiger partial charge in [0.25, 0.3) is 0 Å². The van der Waals surface area contributed by atoms with Crippen LogP contribution in [0.3, 0.4) is 0 Å². The number of nitrogens with one attached hydrogen (secondary N) is 2. The first-order valence-electron chi connectivity index (χ1n) is 8.11. The molecule has 0 bridgehead atoms. The van der Waals surface area contributed by atoms with E-state index in [1.807, 2.05) is 30.3 Å². The van der Waals surface area contributed by atoms with E-state index < -0.39 is 0 Å². The molecule has 0 atom stereocenters. The van der Waals surface area contributed by atoms with Crippen molar-refractivity contribution in [3.63, 3.8) is 0 Å². The van der Waals surface area contributed by atoms with Crippen LogP contribution in [0.5, 0.6) is 23.0 Å². The van der Waals surface area contributed by atoms with Crippen LogP contribution in [0.15, 0.2) is 41.5 Å². The van der Waals surface area contributed by atoms with Crippen molar-refractivity contribution in [3.05, 3.63) is 47.5 Å².